The Hall–Kier alpha value is -1.46. The fraction of sp³-hybridized carbons (Fsp3) is 0.333. The largest absolute Gasteiger partial charge is 0.378 e. The molecule has 1 atom stereocenters. The van der Waals surface area contributed by atoms with Gasteiger partial charge in [-0.25, -0.2) is 0 Å². The van der Waals surface area contributed by atoms with E-state index in [1.165, 1.54) is 5.69 Å². The molecule has 1 unspecified atom stereocenters. The topological polar surface area (TPSA) is 29.3 Å². The summed E-state index contributed by atoms with van der Waals surface area (Å²) in [6.45, 7) is 0. The van der Waals surface area contributed by atoms with Gasteiger partial charge in [0.1, 0.15) is 0 Å². The second-order valence-electron chi connectivity index (χ2n) is 3.50. The van der Waals surface area contributed by atoms with E-state index in [4.69, 9.17) is 12.2 Å². The molecule has 0 aromatic heterocycles. The summed E-state index contributed by atoms with van der Waals surface area (Å²) in [5, 5.41) is 0. The molecule has 0 aliphatic rings. The number of benzene rings is 1. The van der Waals surface area contributed by atoms with Gasteiger partial charge < -0.3 is 10.6 Å². The van der Waals surface area contributed by atoms with Crippen LogP contribution in [0.2, 0.25) is 0 Å². The summed E-state index contributed by atoms with van der Waals surface area (Å²) in [4.78, 5) is 2.05. The van der Waals surface area contributed by atoms with Gasteiger partial charge in [0.2, 0.25) is 0 Å². The molecule has 0 fully saturated rings. The Balaban J connectivity index is 2.78. The quantitative estimate of drug-likeness (QED) is 0.733. The summed E-state index contributed by atoms with van der Waals surface area (Å²) in [6, 6.07) is 8.10. The zero-order chi connectivity index (χ0) is 10.6. The summed E-state index contributed by atoms with van der Waals surface area (Å²) in [6.07, 6.45) is 5.79. The second kappa shape index (κ2) is 4.69. The number of rotatable bonds is 3. The van der Waals surface area contributed by atoms with E-state index in [1.54, 1.807) is 0 Å². The van der Waals surface area contributed by atoms with Crippen LogP contribution < -0.4 is 10.6 Å². The van der Waals surface area contributed by atoms with Crippen LogP contribution in [0.5, 0.6) is 0 Å². The lowest BCUT2D eigenvalue weighted by molar-refractivity contribution is 0.754. The zero-order valence-corrected chi connectivity index (χ0v) is 8.70. The molecule has 74 valence electrons. The van der Waals surface area contributed by atoms with Gasteiger partial charge in [0.15, 0.2) is 0 Å². The number of terminal acetylenes is 1. The molecule has 2 heteroatoms. The molecule has 14 heavy (non-hydrogen) atoms. The third kappa shape index (κ3) is 2.51. The maximum Gasteiger partial charge on any atom is 0.0405 e. The van der Waals surface area contributed by atoms with Crippen molar-refractivity contribution in [2.24, 2.45) is 5.73 Å². The Morgan fingerprint density at radius 1 is 1.36 bits per heavy atom. The molecule has 1 rings (SSSR count). The van der Waals surface area contributed by atoms with E-state index in [2.05, 4.69) is 10.8 Å². The molecule has 1 aromatic carbocycles. The summed E-state index contributed by atoms with van der Waals surface area (Å²) in [5.41, 5.74) is 8.14. The average molecular weight is 188 g/mol. The molecule has 2 N–H and O–H groups in total. The molecule has 0 saturated carbocycles. The van der Waals surface area contributed by atoms with Crippen molar-refractivity contribution in [3.8, 4) is 12.3 Å². The lowest BCUT2D eigenvalue weighted by Gasteiger charge is -2.14. The highest BCUT2D eigenvalue weighted by atomic mass is 15.1. The van der Waals surface area contributed by atoms with Crippen LogP contribution in [0.4, 0.5) is 5.69 Å². The van der Waals surface area contributed by atoms with Crippen LogP contribution in [0.1, 0.15) is 18.0 Å². The van der Waals surface area contributed by atoms with E-state index in [1.807, 2.05) is 38.4 Å². The molecular weight excluding hydrogens is 172 g/mol. The SMILES string of the molecule is C#CCC(N)c1ccc(N(C)C)cc1. The van der Waals surface area contributed by atoms with Crippen LogP contribution in [0, 0.1) is 12.3 Å². The molecule has 2 nitrogen and oxygen atoms in total. The van der Waals surface area contributed by atoms with Crippen LogP contribution in [0.3, 0.4) is 0 Å². The first-order valence-electron chi connectivity index (χ1n) is 4.61. The van der Waals surface area contributed by atoms with Gasteiger partial charge in [0.05, 0.1) is 0 Å². The Morgan fingerprint density at radius 2 is 1.93 bits per heavy atom. The molecule has 0 heterocycles. The Morgan fingerprint density at radius 3 is 2.36 bits per heavy atom. The Labute approximate surface area is 85.7 Å². The van der Waals surface area contributed by atoms with Crippen LogP contribution >= 0.6 is 0 Å². The van der Waals surface area contributed by atoms with Crippen LogP contribution in [-0.2, 0) is 0 Å². The van der Waals surface area contributed by atoms with Crippen LogP contribution in [0.15, 0.2) is 24.3 Å². The highest BCUT2D eigenvalue weighted by molar-refractivity contribution is 5.46. The van der Waals surface area contributed by atoms with Crippen molar-refractivity contribution in [1.82, 2.24) is 0 Å². The molecule has 0 aliphatic heterocycles. The van der Waals surface area contributed by atoms with Gasteiger partial charge >= 0.3 is 0 Å². The molecular formula is C12H16N2. The number of nitrogens with zero attached hydrogens (tertiary/aromatic N) is 1. The lowest BCUT2D eigenvalue weighted by Crippen LogP contribution is -2.11. The van der Waals surface area contributed by atoms with Gasteiger partial charge in [0, 0.05) is 32.2 Å². The zero-order valence-electron chi connectivity index (χ0n) is 8.70. The summed E-state index contributed by atoms with van der Waals surface area (Å²) in [5.74, 6) is 2.57. The standard InChI is InChI=1S/C12H16N2/c1-4-5-12(13)10-6-8-11(9-7-10)14(2)3/h1,6-9,12H,5,13H2,2-3H3. The van der Waals surface area contributed by atoms with Crippen molar-refractivity contribution in [2.45, 2.75) is 12.5 Å². The molecule has 0 bridgehead atoms. The number of hydrogen-bond donors (Lipinski definition) is 1. The minimum Gasteiger partial charge on any atom is -0.378 e. The van der Waals surface area contributed by atoms with Crippen LogP contribution in [-0.4, -0.2) is 14.1 Å². The van der Waals surface area contributed by atoms with Crippen molar-refractivity contribution < 1.29 is 0 Å². The highest BCUT2D eigenvalue weighted by Gasteiger charge is 2.03. The maximum absolute atomic E-state index is 5.88. The van der Waals surface area contributed by atoms with E-state index in [-0.39, 0.29) is 6.04 Å². The Kier molecular flexibility index (Phi) is 3.55. The van der Waals surface area contributed by atoms with Gasteiger partial charge in [-0.2, -0.15) is 0 Å². The van der Waals surface area contributed by atoms with Crippen molar-refractivity contribution in [3.05, 3.63) is 29.8 Å². The third-order valence-corrected chi connectivity index (χ3v) is 2.18. The molecule has 0 aliphatic carbocycles. The van der Waals surface area contributed by atoms with E-state index in [0.717, 1.165) is 5.56 Å². The van der Waals surface area contributed by atoms with Gasteiger partial charge in [-0.15, -0.1) is 12.3 Å². The molecule has 0 saturated heterocycles. The Bertz CT molecular complexity index is 319. The van der Waals surface area contributed by atoms with E-state index in [0.29, 0.717) is 6.42 Å². The number of hydrogen-bond acceptors (Lipinski definition) is 2. The molecule has 0 amide bonds. The number of nitrogens with two attached hydrogens (primary N) is 1. The fourth-order valence-electron chi connectivity index (χ4n) is 1.26. The molecule has 1 aromatic rings. The van der Waals surface area contributed by atoms with Crippen LogP contribution in [0.25, 0.3) is 0 Å². The van der Waals surface area contributed by atoms with Gasteiger partial charge in [-0.1, -0.05) is 12.1 Å². The first-order valence-corrected chi connectivity index (χ1v) is 4.61. The van der Waals surface area contributed by atoms with E-state index < -0.39 is 0 Å². The summed E-state index contributed by atoms with van der Waals surface area (Å²) in [7, 11) is 4.02. The predicted molar refractivity (Wildman–Crippen MR) is 61.1 cm³/mol. The normalized spacial score (nSPS) is 11.9. The summed E-state index contributed by atoms with van der Waals surface area (Å²) >= 11 is 0. The van der Waals surface area contributed by atoms with Crippen molar-refractivity contribution in [1.29, 1.82) is 0 Å². The predicted octanol–water partition coefficient (Wildman–Crippen LogP) is 1.78. The maximum atomic E-state index is 5.88. The smallest absolute Gasteiger partial charge is 0.0405 e. The molecule has 0 radical (unpaired) electrons. The molecule has 0 spiro atoms. The van der Waals surface area contributed by atoms with Gasteiger partial charge in [-0.3, -0.25) is 0 Å². The third-order valence-electron chi connectivity index (χ3n) is 2.18. The van der Waals surface area contributed by atoms with E-state index >= 15 is 0 Å². The van der Waals surface area contributed by atoms with Crippen molar-refractivity contribution >= 4 is 5.69 Å². The second-order valence-corrected chi connectivity index (χ2v) is 3.50. The van der Waals surface area contributed by atoms with Crippen molar-refractivity contribution in [2.75, 3.05) is 19.0 Å². The first-order chi connectivity index (χ1) is 6.65. The minimum atomic E-state index is -0.0452. The highest BCUT2D eigenvalue weighted by Crippen LogP contribution is 2.17. The fourth-order valence-corrected chi connectivity index (χ4v) is 1.26. The van der Waals surface area contributed by atoms with Gasteiger partial charge in [0.25, 0.3) is 0 Å². The number of anilines is 1. The van der Waals surface area contributed by atoms with E-state index in [9.17, 15) is 0 Å². The first kappa shape index (κ1) is 10.6. The summed E-state index contributed by atoms with van der Waals surface area (Å²) < 4.78 is 0. The average Bonchev–Trinajstić information content (AvgIpc) is 2.18. The monoisotopic (exact) mass is 188 g/mol. The minimum absolute atomic E-state index is 0.0452. The van der Waals surface area contributed by atoms with Crippen molar-refractivity contribution in [3.63, 3.8) is 0 Å². The lowest BCUT2D eigenvalue weighted by atomic mass is 10.0. The van der Waals surface area contributed by atoms with Gasteiger partial charge in [-0.05, 0) is 17.7 Å².